The average Bonchev–Trinajstić information content (AvgIpc) is 2.48. The van der Waals surface area contributed by atoms with Crippen molar-refractivity contribution in [3.63, 3.8) is 0 Å². The van der Waals surface area contributed by atoms with Crippen LogP contribution in [0.5, 0.6) is 0 Å². The summed E-state index contributed by atoms with van der Waals surface area (Å²) in [5.74, 6) is -1.07. The third-order valence-corrected chi connectivity index (χ3v) is 2.35. The van der Waals surface area contributed by atoms with Crippen LogP contribution in [0.1, 0.15) is 26.0 Å². The van der Waals surface area contributed by atoms with Gasteiger partial charge in [0, 0.05) is 0 Å². The lowest BCUT2D eigenvalue weighted by Crippen LogP contribution is -2.13. The molecule has 1 aromatic rings. The van der Waals surface area contributed by atoms with Crippen molar-refractivity contribution in [2.24, 2.45) is 0 Å². The zero-order valence-electron chi connectivity index (χ0n) is 13.4. The molecule has 1 aromatic heterocycles. The van der Waals surface area contributed by atoms with Crippen molar-refractivity contribution in [1.29, 1.82) is 0 Å². The Balaban J connectivity index is 0.000000449. The van der Waals surface area contributed by atoms with Gasteiger partial charge in [-0.05, 0) is 20.8 Å². The zero-order valence-corrected chi connectivity index (χ0v) is 13.4. The Hall–Kier alpha value is -3.11. The van der Waals surface area contributed by atoms with Gasteiger partial charge < -0.3 is 9.47 Å². The molecule has 0 atom stereocenters. The first-order valence-electron chi connectivity index (χ1n) is 6.79. The molecule has 24 heavy (non-hydrogen) atoms. The first-order chi connectivity index (χ1) is 11.2. The van der Waals surface area contributed by atoms with Crippen molar-refractivity contribution in [1.82, 2.24) is 4.98 Å². The van der Waals surface area contributed by atoms with E-state index in [9.17, 15) is 29.8 Å². The van der Waals surface area contributed by atoms with E-state index in [0.717, 1.165) is 12.3 Å². The predicted octanol–water partition coefficient (Wildman–Crippen LogP) is 1.71. The van der Waals surface area contributed by atoms with E-state index in [1.807, 2.05) is 0 Å². The number of nitrogens with zero attached hydrogens (tertiary/aromatic N) is 3. The maximum atomic E-state index is 10.6. The minimum absolute atomic E-state index is 0.163. The minimum Gasteiger partial charge on any atom is -0.466 e. The molecular formula is C13H17N3O8. The number of aryl methyl sites for hydroxylation is 1. The molecule has 0 unspecified atom stereocenters. The number of aromatic nitrogens is 1. The fourth-order valence-corrected chi connectivity index (χ4v) is 1.34. The second-order valence-corrected chi connectivity index (χ2v) is 4.10. The molecule has 0 fully saturated rings. The van der Waals surface area contributed by atoms with Crippen molar-refractivity contribution in [2.45, 2.75) is 27.2 Å². The fraction of sp³-hybridized carbons (Fsp3) is 0.462. The van der Waals surface area contributed by atoms with Crippen molar-refractivity contribution in [2.75, 3.05) is 13.2 Å². The van der Waals surface area contributed by atoms with Crippen LogP contribution in [0.25, 0.3) is 0 Å². The molecule has 0 N–H and O–H groups in total. The first-order valence-corrected chi connectivity index (χ1v) is 6.79. The SMILES string of the molecule is CCOC(=O)CC(=O)OCC.Cc1ncc([N+](=O)[O-])cc1[N+](=O)[O-]. The van der Waals surface area contributed by atoms with E-state index in [-0.39, 0.29) is 36.7 Å². The molecule has 0 aliphatic rings. The summed E-state index contributed by atoms with van der Waals surface area (Å²) in [7, 11) is 0. The van der Waals surface area contributed by atoms with E-state index < -0.39 is 21.8 Å². The highest BCUT2D eigenvalue weighted by Gasteiger charge is 2.17. The summed E-state index contributed by atoms with van der Waals surface area (Å²) in [5, 5.41) is 20.6. The molecule has 132 valence electrons. The summed E-state index contributed by atoms with van der Waals surface area (Å²) in [6, 6.07) is 0.891. The average molecular weight is 343 g/mol. The molecule has 1 heterocycles. The number of rotatable bonds is 6. The third kappa shape index (κ3) is 7.77. The minimum atomic E-state index is -0.723. The Morgan fingerprint density at radius 1 is 1.08 bits per heavy atom. The normalized spacial score (nSPS) is 9.29. The van der Waals surface area contributed by atoms with Crippen molar-refractivity contribution in [3.05, 3.63) is 38.2 Å². The molecule has 0 amide bonds. The van der Waals surface area contributed by atoms with E-state index in [2.05, 4.69) is 14.5 Å². The van der Waals surface area contributed by atoms with E-state index in [1.165, 1.54) is 6.92 Å². The van der Waals surface area contributed by atoms with Gasteiger partial charge in [0.1, 0.15) is 18.3 Å². The van der Waals surface area contributed by atoms with Crippen LogP contribution >= 0.6 is 0 Å². The van der Waals surface area contributed by atoms with E-state index in [4.69, 9.17) is 0 Å². The number of pyridine rings is 1. The second kappa shape index (κ2) is 10.6. The topological polar surface area (TPSA) is 152 Å². The van der Waals surface area contributed by atoms with Crippen LogP contribution in [0.2, 0.25) is 0 Å². The maximum absolute atomic E-state index is 10.6. The Labute approximate surface area is 136 Å². The van der Waals surface area contributed by atoms with Gasteiger partial charge in [0.2, 0.25) is 0 Å². The molecule has 0 radical (unpaired) electrons. The number of hydrogen-bond donors (Lipinski definition) is 0. The molecule has 0 aliphatic carbocycles. The predicted molar refractivity (Wildman–Crippen MR) is 80.2 cm³/mol. The van der Waals surface area contributed by atoms with Crippen LogP contribution in [0.4, 0.5) is 11.4 Å². The number of esters is 2. The van der Waals surface area contributed by atoms with Gasteiger partial charge in [0.15, 0.2) is 0 Å². The molecule has 0 aliphatic heterocycles. The first kappa shape index (κ1) is 20.9. The summed E-state index contributed by atoms with van der Waals surface area (Å²) in [5.41, 5.74) is -0.554. The van der Waals surface area contributed by atoms with Gasteiger partial charge >= 0.3 is 11.9 Å². The number of carbonyl (C=O) groups excluding carboxylic acids is 2. The summed E-state index contributed by atoms with van der Waals surface area (Å²) >= 11 is 0. The van der Waals surface area contributed by atoms with E-state index in [0.29, 0.717) is 0 Å². The lowest BCUT2D eigenvalue weighted by Gasteiger charge is -2.00. The van der Waals surface area contributed by atoms with Gasteiger partial charge in [0.05, 0.1) is 29.1 Å². The van der Waals surface area contributed by atoms with Crippen molar-refractivity contribution >= 4 is 23.3 Å². The highest BCUT2D eigenvalue weighted by Crippen LogP contribution is 2.20. The largest absolute Gasteiger partial charge is 0.466 e. The molecule has 11 heteroatoms. The van der Waals surface area contributed by atoms with Crippen LogP contribution in [0.15, 0.2) is 12.3 Å². The van der Waals surface area contributed by atoms with Crippen molar-refractivity contribution < 1.29 is 28.9 Å². The monoisotopic (exact) mass is 343 g/mol. The van der Waals surface area contributed by atoms with Gasteiger partial charge in [-0.25, -0.2) is 4.98 Å². The van der Waals surface area contributed by atoms with Crippen molar-refractivity contribution in [3.8, 4) is 0 Å². The molecule has 0 bridgehead atoms. The Kier molecular flexibility index (Phi) is 9.22. The number of ether oxygens (including phenoxy) is 2. The second-order valence-electron chi connectivity index (χ2n) is 4.10. The molecule has 0 saturated heterocycles. The smallest absolute Gasteiger partial charge is 0.317 e. The van der Waals surface area contributed by atoms with Gasteiger partial charge in [-0.2, -0.15) is 0 Å². The zero-order chi connectivity index (χ0) is 18.7. The molecule has 0 spiro atoms. The molecular weight excluding hydrogens is 326 g/mol. The Morgan fingerprint density at radius 2 is 1.58 bits per heavy atom. The maximum Gasteiger partial charge on any atom is 0.317 e. The summed E-state index contributed by atoms with van der Waals surface area (Å²) in [6.45, 7) is 5.37. The Morgan fingerprint density at radius 3 is 1.96 bits per heavy atom. The standard InChI is InChI=1S/C7H12O4.C6H5N3O4/c1-3-10-6(8)5-7(9)11-4-2;1-4-6(9(12)13)2-5(3-7-4)8(10)11/h3-5H2,1-2H3;2-3H,1H3. The third-order valence-electron chi connectivity index (χ3n) is 2.35. The molecule has 11 nitrogen and oxygen atoms in total. The molecule has 0 saturated carbocycles. The highest BCUT2D eigenvalue weighted by molar-refractivity contribution is 5.91. The lowest BCUT2D eigenvalue weighted by atomic mass is 10.3. The van der Waals surface area contributed by atoms with E-state index >= 15 is 0 Å². The van der Waals surface area contributed by atoms with Crippen LogP contribution in [0.3, 0.4) is 0 Å². The molecule has 1 rings (SSSR count). The summed E-state index contributed by atoms with van der Waals surface area (Å²) in [4.78, 5) is 43.9. The van der Waals surface area contributed by atoms with Crippen LogP contribution in [0, 0.1) is 27.2 Å². The van der Waals surface area contributed by atoms with E-state index in [1.54, 1.807) is 13.8 Å². The highest BCUT2D eigenvalue weighted by atomic mass is 16.6. The quantitative estimate of drug-likeness (QED) is 0.325. The fourth-order valence-electron chi connectivity index (χ4n) is 1.34. The molecule has 0 aromatic carbocycles. The van der Waals surface area contributed by atoms with Crippen LogP contribution in [-0.4, -0.2) is 40.0 Å². The van der Waals surface area contributed by atoms with Gasteiger partial charge in [-0.1, -0.05) is 0 Å². The van der Waals surface area contributed by atoms with Gasteiger partial charge in [-0.15, -0.1) is 0 Å². The Bertz CT molecular complexity index is 601. The van der Waals surface area contributed by atoms with Crippen LogP contribution < -0.4 is 0 Å². The number of carbonyl (C=O) groups is 2. The van der Waals surface area contributed by atoms with Crippen LogP contribution in [-0.2, 0) is 19.1 Å². The number of hydrogen-bond acceptors (Lipinski definition) is 9. The lowest BCUT2D eigenvalue weighted by molar-refractivity contribution is -0.395. The van der Waals surface area contributed by atoms with Gasteiger partial charge in [0.25, 0.3) is 11.4 Å². The summed E-state index contributed by atoms with van der Waals surface area (Å²) in [6.07, 6.45) is 0.698. The summed E-state index contributed by atoms with van der Waals surface area (Å²) < 4.78 is 9.04. The number of nitro groups is 2. The van der Waals surface area contributed by atoms with Gasteiger partial charge in [-0.3, -0.25) is 29.8 Å².